The molecule has 0 fully saturated rings. The lowest BCUT2D eigenvalue weighted by Crippen LogP contribution is -2.22. The summed E-state index contributed by atoms with van der Waals surface area (Å²) in [5.74, 6) is 0.185. The molecule has 1 N–H and O–H groups in total. The van der Waals surface area contributed by atoms with E-state index in [0.29, 0.717) is 34.1 Å². The number of allylic oxidation sites excluding steroid dienone is 11. The van der Waals surface area contributed by atoms with Crippen LogP contribution in [0.25, 0.3) is 0 Å². The highest BCUT2D eigenvalue weighted by Gasteiger charge is 2.17. The predicted molar refractivity (Wildman–Crippen MR) is 147 cm³/mol. The van der Waals surface area contributed by atoms with Crippen LogP contribution in [0.3, 0.4) is 0 Å². The Kier molecular flexibility index (Phi) is 18.8. The highest BCUT2D eigenvalue weighted by Crippen LogP contribution is 2.25. The van der Waals surface area contributed by atoms with E-state index in [9.17, 15) is 5.11 Å². The van der Waals surface area contributed by atoms with Crippen LogP contribution in [0.5, 0.6) is 0 Å². The molecule has 180 valence electrons. The van der Waals surface area contributed by atoms with E-state index in [-0.39, 0.29) is 10.8 Å². The summed E-state index contributed by atoms with van der Waals surface area (Å²) >= 11 is 17.6. The fourth-order valence-electron chi connectivity index (χ4n) is 2.40. The van der Waals surface area contributed by atoms with Gasteiger partial charge in [0.05, 0.1) is 21.5 Å². The Morgan fingerprint density at radius 3 is 2.36 bits per heavy atom. The topological polar surface area (TPSA) is 52.9 Å². The average Bonchev–Trinajstić information content (AvgIpc) is 3.04. The van der Waals surface area contributed by atoms with Crippen molar-refractivity contribution < 1.29 is 9.90 Å². The number of aliphatic imine (C=N–C) groups is 1. The molecule has 0 atom stereocenters. The number of carbonyl (C=O) groups excluding carboxylic acids is 1. The van der Waals surface area contributed by atoms with Crippen LogP contribution < -0.4 is 0 Å². The Morgan fingerprint density at radius 1 is 1.24 bits per heavy atom. The van der Waals surface area contributed by atoms with Crippen molar-refractivity contribution in [3.05, 3.63) is 106 Å². The summed E-state index contributed by atoms with van der Waals surface area (Å²) in [5.41, 5.74) is 4.68. The van der Waals surface area contributed by atoms with Gasteiger partial charge in [0.1, 0.15) is 12.5 Å². The van der Waals surface area contributed by atoms with Gasteiger partial charge in [-0.2, -0.15) is 0 Å². The maximum atomic E-state index is 10.4. The average molecular weight is 512 g/mol. The molecule has 0 unspecified atom stereocenters. The zero-order valence-corrected chi connectivity index (χ0v) is 22.2. The van der Waals surface area contributed by atoms with E-state index in [4.69, 9.17) is 39.6 Å². The number of aliphatic hydroxyl groups is 1. The summed E-state index contributed by atoms with van der Waals surface area (Å²) in [4.78, 5) is 14.4. The van der Waals surface area contributed by atoms with Gasteiger partial charge in [-0.1, -0.05) is 80.0 Å². The summed E-state index contributed by atoms with van der Waals surface area (Å²) in [6, 6.07) is 0. The van der Waals surface area contributed by atoms with Gasteiger partial charge in [-0.3, -0.25) is 4.99 Å². The molecule has 0 heterocycles. The Labute approximate surface area is 213 Å². The highest BCUT2D eigenvalue weighted by molar-refractivity contribution is 6.43. The molecule has 0 spiro atoms. The lowest BCUT2D eigenvalue weighted by atomic mass is 10.1. The van der Waals surface area contributed by atoms with E-state index in [0.717, 1.165) is 5.70 Å². The minimum absolute atomic E-state index is 0.185. The third kappa shape index (κ3) is 11.8. The van der Waals surface area contributed by atoms with E-state index < -0.39 is 0 Å². The van der Waals surface area contributed by atoms with Crippen molar-refractivity contribution in [3.63, 3.8) is 0 Å². The van der Waals surface area contributed by atoms with Gasteiger partial charge in [0, 0.05) is 29.6 Å². The molecular weight excluding hydrogens is 479 g/mol. The van der Waals surface area contributed by atoms with E-state index >= 15 is 0 Å². The van der Waals surface area contributed by atoms with Crippen LogP contribution in [0.4, 0.5) is 0 Å². The van der Waals surface area contributed by atoms with Crippen LogP contribution in [0.15, 0.2) is 111 Å². The Bertz CT molecular complexity index is 918. The number of halogens is 3. The molecule has 0 aromatic rings. The first-order chi connectivity index (χ1) is 15.7. The van der Waals surface area contributed by atoms with Crippen molar-refractivity contribution in [1.29, 1.82) is 0 Å². The van der Waals surface area contributed by atoms with Crippen molar-refractivity contribution in [2.75, 3.05) is 7.05 Å². The standard InChI is InChI=1S/C23H25Cl3N2O.C2H6.CH2O/c1-6-19(15-20(26)17(3)25)27-18(4)16(2)21(12-10-14-24)28(5)22-11-8-7-9-13-23(22)29;2*1-2/h6-8,10-15,29H,2-3,9H2,1,4-5H3;1-2H3;1H2/b14-10+,19-6+,20-15+,21-12+,27-18?;;. The molecule has 0 saturated heterocycles. The third-order valence-corrected chi connectivity index (χ3v) is 4.80. The van der Waals surface area contributed by atoms with Crippen LogP contribution in [-0.4, -0.2) is 29.6 Å². The molecule has 0 aromatic heterocycles. The SMILES string of the molecule is C=C(Cl)/C(Cl)=C\C(=C/C)N=C(C)C(=C)/C(=C\C=C\Cl)N(C)C1=CC=CCC=C1O.C=O.CC. The largest absolute Gasteiger partial charge is 0.506 e. The Hall–Kier alpha value is -2.53. The maximum Gasteiger partial charge on any atom is 0.135 e. The molecule has 1 aliphatic carbocycles. The summed E-state index contributed by atoms with van der Waals surface area (Å²) in [6.45, 7) is 17.5. The Balaban J connectivity index is 0. The number of aliphatic hydroxyl groups excluding tert-OH is 1. The predicted octanol–water partition coefficient (Wildman–Crippen LogP) is 8.48. The van der Waals surface area contributed by atoms with E-state index in [1.165, 1.54) is 5.54 Å². The molecule has 1 aliphatic rings. The van der Waals surface area contributed by atoms with Crippen molar-refractivity contribution in [3.8, 4) is 0 Å². The fourth-order valence-corrected chi connectivity index (χ4v) is 2.64. The molecular formula is C26H33Cl3N2O2. The third-order valence-electron chi connectivity index (χ3n) is 4.02. The Morgan fingerprint density at radius 2 is 1.85 bits per heavy atom. The van der Waals surface area contributed by atoms with Crippen molar-refractivity contribution in [1.82, 2.24) is 4.90 Å². The van der Waals surface area contributed by atoms with Gasteiger partial charge in [0.15, 0.2) is 0 Å². The highest BCUT2D eigenvalue weighted by atomic mass is 35.5. The van der Waals surface area contributed by atoms with Gasteiger partial charge in [-0.05, 0) is 50.6 Å². The van der Waals surface area contributed by atoms with Crippen molar-refractivity contribution >= 4 is 47.3 Å². The normalized spacial score (nSPS) is 14.8. The second kappa shape index (κ2) is 19.0. The van der Waals surface area contributed by atoms with Gasteiger partial charge in [-0.15, -0.1) is 0 Å². The first kappa shape index (κ1) is 32.6. The van der Waals surface area contributed by atoms with Crippen LogP contribution in [0.1, 0.15) is 34.1 Å². The minimum Gasteiger partial charge on any atom is -0.506 e. The molecule has 0 amide bonds. The van der Waals surface area contributed by atoms with Crippen molar-refractivity contribution in [2.24, 2.45) is 4.99 Å². The fraction of sp³-hybridized carbons (Fsp3) is 0.231. The lowest BCUT2D eigenvalue weighted by molar-refractivity contribution is -0.0979. The maximum absolute atomic E-state index is 10.4. The van der Waals surface area contributed by atoms with E-state index in [2.05, 4.69) is 18.2 Å². The first-order valence-electron chi connectivity index (χ1n) is 10.1. The molecule has 0 aromatic carbocycles. The van der Waals surface area contributed by atoms with Crippen LogP contribution in [0.2, 0.25) is 0 Å². The summed E-state index contributed by atoms with van der Waals surface area (Å²) in [7, 11) is 1.84. The van der Waals surface area contributed by atoms with Gasteiger partial charge in [0.2, 0.25) is 0 Å². The monoisotopic (exact) mass is 510 g/mol. The van der Waals surface area contributed by atoms with Gasteiger partial charge < -0.3 is 14.8 Å². The zero-order chi connectivity index (χ0) is 26.0. The van der Waals surface area contributed by atoms with E-state index in [1.54, 1.807) is 30.4 Å². The van der Waals surface area contributed by atoms with Gasteiger partial charge >= 0.3 is 0 Å². The molecule has 4 nitrogen and oxygen atoms in total. The molecule has 7 heteroatoms. The quantitative estimate of drug-likeness (QED) is 0.262. The van der Waals surface area contributed by atoms with Crippen molar-refractivity contribution in [2.45, 2.75) is 34.1 Å². The number of likely N-dealkylation sites (N-methyl/N-ethyl adjacent to an activating group) is 1. The van der Waals surface area contributed by atoms with E-state index in [1.807, 2.05) is 64.7 Å². The molecule has 0 aliphatic heterocycles. The minimum atomic E-state index is 0.185. The molecule has 33 heavy (non-hydrogen) atoms. The number of carbonyl (C=O) groups is 1. The summed E-state index contributed by atoms with van der Waals surface area (Å²) in [6.07, 6.45) is 15.0. The number of hydrogen-bond donors (Lipinski definition) is 1. The summed E-state index contributed by atoms with van der Waals surface area (Å²) in [5, 5.41) is 10.9. The number of nitrogens with zero attached hydrogens (tertiary/aromatic N) is 2. The lowest BCUT2D eigenvalue weighted by Gasteiger charge is -2.26. The van der Waals surface area contributed by atoms with Gasteiger partial charge in [-0.25, -0.2) is 0 Å². The molecule has 1 rings (SSSR count). The van der Waals surface area contributed by atoms with Gasteiger partial charge in [0.25, 0.3) is 0 Å². The van der Waals surface area contributed by atoms with Crippen LogP contribution >= 0.6 is 34.8 Å². The molecule has 0 saturated carbocycles. The number of rotatable bonds is 8. The molecule has 0 radical (unpaired) electrons. The number of hydrogen-bond acceptors (Lipinski definition) is 4. The first-order valence-corrected chi connectivity index (χ1v) is 11.3. The van der Waals surface area contributed by atoms with Crippen LogP contribution in [-0.2, 0) is 4.79 Å². The van der Waals surface area contributed by atoms with Crippen LogP contribution in [0, 0.1) is 0 Å². The smallest absolute Gasteiger partial charge is 0.135 e. The second-order valence-corrected chi connectivity index (χ2v) is 7.14. The molecule has 0 bridgehead atoms. The zero-order valence-electron chi connectivity index (χ0n) is 19.9. The summed E-state index contributed by atoms with van der Waals surface area (Å²) < 4.78 is 0. The second-order valence-electron chi connectivity index (χ2n) is 6.02.